The number of aromatic nitrogens is 4. The fourth-order valence-electron chi connectivity index (χ4n) is 4.55. The molecule has 0 saturated heterocycles. The van der Waals surface area contributed by atoms with Gasteiger partial charge in [-0.05, 0) is 43.7 Å². The molecule has 15 heteroatoms. The number of benzene rings is 2. The molecule has 0 atom stereocenters. The number of aryl methyl sites for hydroxylation is 1. The number of rotatable bonds is 5. The van der Waals surface area contributed by atoms with Gasteiger partial charge in [-0.3, -0.25) is 23.1 Å². The van der Waals surface area contributed by atoms with E-state index in [-0.39, 0.29) is 22.4 Å². The minimum Gasteiger partial charge on any atom is -0.477 e. The van der Waals surface area contributed by atoms with Gasteiger partial charge in [0.05, 0.1) is 34.4 Å². The van der Waals surface area contributed by atoms with Crippen molar-refractivity contribution in [1.82, 2.24) is 18.3 Å². The zero-order valence-electron chi connectivity index (χ0n) is 21.0. The van der Waals surface area contributed by atoms with E-state index in [1.807, 2.05) is 0 Å². The van der Waals surface area contributed by atoms with Gasteiger partial charge < -0.3 is 5.11 Å². The maximum absolute atomic E-state index is 13.8. The number of carbonyl (C=O) groups is 1. The minimum absolute atomic E-state index is 0.0506. The van der Waals surface area contributed by atoms with E-state index >= 15 is 0 Å². The summed E-state index contributed by atoms with van der Waals surface area (Å²) in [5.74, 6) is -1.83. The second-order valence-electron chi connectivity index (χ2n) is 9.21. The van der Waals surface area contributed by atoms with E-state index in [9.17, 15) is 50.6 Å². The number of nitrogens with zero attached hydrogens (tertiary/aromatic N) is 4. The first-order chi connectivity index (χ1) is 18.4. The second kappa shape index (κ2) is 9.57. The number of imidazole rings is 1. The highest BCUT2D eigenvalue weighted by Gasteiger charge is 2.44. The molecular formula is C25H20F6N4O5. The molecule has 0 saturated carbocycles. The molecule has 2 heterocycles. The van der Waals surface area contributed by atoms with E-state index in [0.717, 1.165) is 0 Å². The van der Waals surface area contributed by atoms with Crippen molar-refractivity contribution >= 4 is 17.0 Å². The molecule has 4 aromatic rings. The number of halogens is 6. The van der Waals surface area contributed by atoms with Gasteiger partial charge in [-0.15, -0.1) is 0 Å². The van der Waals surface area contributed by atoms with Crippen LogP contribution < -0.4 is 16.9 Å². The molecule has 0 aliphatic carbocycles. The van der Waals surface area contributed by atoms with Crippen molar-refractivity contribution < 1.29 is 36.2 Å². The van der Waals surface area contributed by atoms with E-state index in [1.54, 1.807) is 13.8 Å². The lowest BCUT2D eigenvalue weighted by atomic mass is 9.99. The van der Waals surface area contributed by atoms with Gasteiger partial charge in [0.2, 0.25) is 0 Å². The molecule has 4 rings (SSSR count). The van der Waals surface area contributed by atoms with Crippen molar-refractivity contribution in [3.8, 4) is 5.69 Å². The number of carboxylic acid groups (broad SMARTS) is 1. The normalized spacial score (nSPS) is 12.4. The second-order valence-corrected chi connectivity index (χ2v) is 9.21. The first-order valence-electron chi connectivity index (χ1n) is 11.5. The molecule has 0 amide bonds. The Balaban J connectivity index is 2.00. The Morgan fingerprint density at radius 3 is 2.12 bits per heavy atom. The summed E-state index contributed by atoms with van der Waals surface area (Å²) in [6.45, 7) is 2.22. The highest BCUT2D eigenvalue weighted by atomic mass is 19.4. The summed E-state index contributed by atoms with van der Waals surface area (Å²) in [4.78, 5) is 50.7. The van der Waals surface area contributed by atoms with Crippen LogP contribution in [0, 0.1) is 0 Å². The third-order valence-electron chi connectivity index (χ3n) is 6.34. The predicted molar refractivity (Wildman–Crippen MR) is 130 cm³/mol. The predicted octanol–water partition coefficient (Wildman–Crippen LogP) is 4.02. The first kappa shape index (κ1) is 28.4. The first-order valence-corrected chi connectivity index (χ1v) is 11.5. The zero-order valence-corrected chi connectivity index (χ0v) is 21.0. The summed E-state index contributed by atoms with van der Waals surface area (Å²) >= 11 is 0. The van der Waals surface area contributed by atoms with Crippen LogP contribution >= 0.6 is 0 Å². The quantitative estimate of drug-likeness (QED) is 0.365. The number of fused-ring (bicyclic) bond motifs is 1. The molecule has 0 aliphatic rings. The Morgan fingerprint density at radius 1 is 0.925 bits per heavy atom. The fourth-order valence-corrected chi connectivity index (χ4v) is 4.55. The zero-order chi connectivity index (χ0) is 29.9. The summed E-state index contributed by atoms with van der Waals surface area (Å²) in [6.07, 6.45) is -10.3. The number of alkyl halides is 6. The van der Waals surface area contributed by atoms with Crippen LogP contribution in [0.25, 0.3) is 16.7 Å². The van der Waals surface area contributed by atoms with E-state index in [4.69, 9.17) is 0 Å². The van der Waals surface area contributed by atoms with Crippen molar-refractivity contribution in [3.05, 3.63) is 96.2 Å². The number of hydrogen-bond donors (Lipinski definition) is 1. The Kier molecular flexibility index (Phi) is 6.81. The van der Waals surface area contributed by atoms with Crippen LogP contribution in [0.2, 0.25) is 0 Å². The van der Waals surface area contributed by atoms with E-state index in [1.165, 1.54) is 34.4 Å². The standard InChI is InChI=1S/C25H20F6N4O5/c1-12(2)35-17-8-7-14(9-18(17)32(3)22(35)39)33-11-15(21(37)38)20(36)34(23(33)40)10-13-5-4-6-16(24(26,27)28)19(13)25(29,30)31/h4-9,11-12H,10H2,1-3H3,(H,37,38). The summed E-state index contributed by atoms with van der Waals surface area (Å²) in [5.41, 5.74) is -8.71. The molecule has 0 unspecified atom stereocenters. The van der Waals surface area contributed by atoms with Gasteiger partial charge in [0.15, 0.2) is 0 Å². The monoisotopic (exact) mass is 570 g/mol. The molecule has 212 valence electrons. The maximum Gasteiger partial charge on any atom is 0.417 e. The number of carboxylic acids is 1. The van der Waals surface area contributed by atoms with E-state index in [0.29, 0.717) is 33.9 Å². The number of aromatic carboxylic acids is 1. The molecular weight excluding hydrogens is 550 g/mol. The van der Waals surface area contributed by atoms with Crippen molar-refractivity contribution in [3.63, 3.8) is 0 Å². The van der Waals surface area contributed by atoms with Crippen LogP contribution in [-0.2, 0) is 25.9 Å². The largest absolute Gasteiger partial charge is 0.477 e. The summed E-state index contributed by atoms with van der Waals surface area (Å²) in [6, 6.07) is 5.44. The SMILES string of the molecule is CC(C)n1c(=O)n(C)c2cc(-n3cc(C(=O)O)c(=O)n(Cc4cccc(C(F)(F)F)c4C(F)(F)F)c3=O)ccc21. The van der Waals surface area contributed by atoms with Crippen molar-refractivity contribution in [2.75, 3.05) is 0 Å². The van der Waals surface area contributed by atoms with E-state index < -0.39 is 64.1 Å². The third kappa shape index (κ3) is 4.71. The van der Waals surface area contributed by atoms with Gasteiger partial charge in [-0.1, -0.05) is 12.1 Å². The summed E-state index contributed by atoms with van der Waals surface area (Å²) in [5, 5.41) is 9.56. The number of hydrogen-bond acceptors (Lipinski definition) is 4. The Morgan fingerprint density at radius 2 is 1.57 bits per heavy atom. The average Bonchev–Trinajstić information content (AvgIpc) is 3.09. The molecule has 2 aromatic heterocycles. The summed E-state index contributed by atoms with van der Waals surface area (Å²) in [7, 11) is 1.45. The van der Waals surface area contributed by atoms with Gasteiger partial charge in [-0.25, -0.2) is 14.4 Å². The van der Waals surface area contributed by atoms with Crippen LogP contribution in [0.15, 0.2) is 57.0 Å². The van der Waals surface area contributed by atoms with Crippen LogP contribution in [0.1, 0.15) is 46.9 Å². The molecule has 0 aliphatic heterocycles. The Bertz CT molecular complexity index is 1840. The molecule has 2 aromatic carbocycles. The topological polar surface area (TPSA) is 108 Å². The van der Waals surface area contributed by atoms with Gasteiger partial charge in [0, 0.05) is 19.3 Å². The van der Waals surface area contributed by atoms with Crippen LogP contribution in [0.5, 0.6) is 0 Å². The highest BCUT2D eigenvalue weighted by Crippen LogP contribution is 2.42. The average molecular weight is 570 g/mol. The molecule has 9 nitrogen and oxygen atoms in total. The van der Waals surface area contributed by atoms with Crippen molar-refractivity contribution in [2.24, 2.45) is 7.05 Å². The lowest BCUT2D eigenvalue weighted by molar-refractivity contribution is -0.162. The smallest absolute Gasteiger partial charge is 0.417 e. The molecule has 0 fully saturated rings. The van der Waals surface area contributed by atoms with Crippen LogP contribution in [0.4, 0.5) is 26.3 Å². The van der Waals surface area contributed by atoms with Crippen molar-refractivity contribution in [1.29, 1.82) is 0 Å². The molecule has 0 spiro atoms. The molecule has 0 radical (unpaired) electrons. The van der Waals surface area contributed by atoms with E-state index in [2.05, 4.69) is 0 Å². The van der Waals surface area contributed by atoms with Crippen LogP contribution in [0.3, 0.4) is 0 Å². The lowest BCUT2D eigenvalue weighted by Crippen LogP contribution is -2.42. The molecule has 1 N–H and O–H groups in total. The Labute approximate surface area is 219 Å². The van der Waals surface area contributed by atoms with Gasteiger partial charge in [-0.2, -0.15) is 26.3 Å². The minimum atomic E-state index is -5.52. The fraction of sp³-hybridized carbons (Fsp3) is 0.280. The lowest BCUT2D eigenvalue weighted by Gasteiger charge is -2.20. The van der Waals surface area contributed by atoms with Gasteiger partial charge >= 0.3 is 29.7 Å². The highest BCUT2D eigenvalue weighted by molar-refractivity contribution is 5.87. The molecule has 0 bridgehead atoms. The van der Waals surface area contributed by atoms with Gasteiger partial charge in [0.1, 0.15) is 5.56 Å². The molecule has 40 heavy (non-hydrogen) atoms. The van der Waals surface area contributed by atoms with Gasteiger partial charge in [0.25, 0.3) is 5.56 Å². The maximum atomic E-state index is 13.8. The Hall–Kier alpha value is -4.56. The van der Waals surface area contributed by atoms with Crippen molar-refractivity contribution in [2.45, 2.75) is 38.8 Å². The van der Waals surface area contributed by atoms with Crippen LogP contribution in [-0.4, -0.2) is 29.3 Å². The third-order valence-corrected chi connectivity index (χ3v) is 6.34. The summed E-state index contributed by atoms with van der Waals surface area (Å²) < 4.78 is 85.1.